The number of piperazine rings is 1. The molecule has 0 spiro atoms. The van der Waals surface area contributed by atoms with Crippen LogP contribution in [0.15, 0.2) is 48.8 Å². The number of para-hydroxylation sites is 1. The molecule has 0 aliphatic carbocycles. The van der Waals surface area contributed by atoms with E-state index in [0.29, 0.717) is 31.7 Å². The van der Waals surface area contributed by atoms with E-state index in [0.717, 1.165) is 22.8 Å². The maximum absolute atomic E-state index is 13.2. The van der Waals surface area contributed by atoms with Gasteiger partial charge in [0.1, 0.15) is 18.0 Å². The number of benzene rings is 2. The van der Waals surface area contributed by atoms with Crippen molar-refractivity contribution in [1.82, 2.24) is 14.9 Å². The molecule has 5 nitrogen and oxygen atoms in total. The van der Waals surface area contributed by atoms with E-state index in [1.807, 2.05) is 24.3 Å². The van der Waals surface area contributed by atoms with Crippen LogP contribution in [-0.4, -0.2) is 47.0 Å². The van der Waals surface area contributed by atoms with Gasteiger partial charge in [-0.05, 0) is 30.3 Å². The van der Waals surface area contributed by atoms with Gasteiger partial charge in [0.15, 0.2) is 0 Å². The van der Waals surface area contributed by atoms with E-state index < -0.39 is 5.82 Å². The monoisotopic (exact) mass is 370 g/mol. The van der Waals surface area contributed by atoms with Crippen molar-refractivity contribution in [3.05, 3.63) is 65.2 Å². The van der Waals surface area contributed by atoms with Crippen LogP contribution in [0.3, 0.4) is 0 Å². The molecular formula is C19H16ClFN4O. The van der Waals surface area contributed by atoms with E-state index in [1.165, 1.54) is 12.1 Å². The normalized spacial score (nSPS) is 14.7. The summed E-state index contributed by atoms with van der Waals surface area (Å²) in [6, 6.07) is 11.7. The first-order valence-corrected chi connectivity index (χ1v) is 8.70. The number of nitrogens with zero attached hydrogens (tertiary/aromatic N) is 4. The van der Waals surface area contributed by atoms with Crippen molar-refractivity contribution < 1.29 is 9.18 Å². The summed E-state index contributed by atoms with van der Waals surface area (Å²) in [5.74, 6) is 0.247. The second kappa shape index (κ2) is 6.88. The van der Waals surface area contributed by atoms with Crippen LogP contribution in [0.4, 0.5) is 10.2 Å². The first kappa shape index (κ1) is 16.7. The molecule has 3 aromatic rings. The molecule has 2 heterocycles. The minimum atomic E-state index is -0.452. The van der Waals surface area contributed by atoms with Crippen molar-refractivity contribution >= 4 is 34.2 Å². The van der Waals surface area contributed by atoms with Gasteiger partial charge in [-0.2, -0.15) is 0 Å². The average Bonchev–Trinajstić information content (AvgIpc) is 2.67. The standard InChI is InChI=1S/C19H16ClFN4O/c20-16-11-13(21)5-6-14(16)19(26)25-9-7-24(8-10-25)18-15-3-1-2-4-17(15)22-12-23-18/h1-6,11-12H,7-10H2. The second-order valence-corrected chi connectivity index (χ2v) is 6.53. The minimum Gasteiger partial charge on any atom is -0.352 e. The topological polar surface area (TPSA) is 49.3 Å². The summed E-state index contributed by atoms with van der Waals surface area (Å²) in [6.45, 7) is 2.41. The fourth-order valence-electron chi connectivity index (χ4n) is 3.20. The molecule has 0 atom stereocenters. The number of amides is 1. The van der Waals surface area contributed by atoms with E-state index in [1.54, 1.807) is 11.2 Å². The molecule has 0 N–H and O–H groups in total. The highest BCUT2D eigenvalue weighted by molar-refractivity contribution is 6.33. The zero-order valence-electron chi connectivity index (χ0n) is 13.9. The van der Waals surface area contributed by atoms with Gasteiger partial charge in [-0.1, -0.05) is 23.7 Å². The third kappa shape index (κ3) is 3.08. The number of halogens is 2. The quantitative estimate of drug-likeness (QED) is 0.694. The largest absolute Gasteiger partial charge is 0.352 e. The maximum atomic E-state index is 13.2. The Morgan fingerprint density at radius 2 is 1.81 bits per heavy atom. The third-order valence-corrected chi connectivity index (χ3v) is 4.86. The summed E-state index contributed by atoms with van der Waals surface area (Å²) in [6.07, 6.45) is 1.56. The van der Waals surface area contributed by atoms with Crippen LogP contribution in [0.1, 0.15) is 10.4 Å². The van der Waals surface area contributed by atoms with Crippen molar-refractivity contribution in [3.63, 3.8) is 0 Å². The Bertz CT molecular complexity index is 967. The van der Waals surface area contributed by atoms with Gasteiger partial charge < -0.3 is 9.80 Å². The third-order valence-electron chi connectivity index (χ3n) is 4.55. The van der Waals surface area contributed by atoms with Gasteiger partial charge in [-0.25, -0.2) is 14.4 Å². The number of carbonyl (C=O) groups excluding carboxylic acids is 1. The minimum absolute atomic E-state index is 0.138. The molecule has 1 fully saturated rings. The van der Waals surface area contributed by atoms with Gasteiger partial charge in [-0.3, -0.25) is 4.79 Å². The molecule has 0 unspecified atom stereocenters. The van der Waals surface area contributed by atoms with Crippen LogP contribution in [0.5, 0.6) is 0 Å². The van der Waals surface area contributed by atoms with Crippen molar-refractivity contribution in [1.29, 1.82) is 0 Å². The van der Waals surface area contributed by atoms with Gasteiger partial charge in [0.05, 0.1) is 16.1 Å². The average molecular weight is 371 g/mol. The lowest BCUT2D eigenvalue weighted by Crippen LogP contribution is -2.49. The number of carbonyl (C=O) groups is 1. The predicted octanol–water partition coefficient (Wildman–Crippen LogP) is 3.38. The van der Waals surface area contributed by atoms with Gasteiger partial charge in [-0.15, -0.1) is 0 Å². The Balaban J connectivity index is 1.51. The number of hydrogen-bond acceptors (Lipinski definition) is 4. The molecule has 0 bridgehead atoms. The molecule has 0 saturated carbocycles. The lowest BCUT2D eigenvalue weighted by molar-refractivity contribution is 0.0746. The summed E-state index contributed by atoms with van der Waals surface area (Å²) in [4.78, 5) is 25.3. The molecule has 1 amide bonds. The molecule has 1 saturated heterocycles. The highest BCUT2D eigenvalue weighted by Crippen LogP contribution is 2.25. The first-order chi connectivity index (χ1) is 12.6. The number of hydrogen-bond donors (Lipinski definition) is 0. The van der Waals surface area contributed by atoms with Crippen LogP contribution >= 0.6 is 11.6 Å². The van der Waals surface area contributed by atoms with Crippen LogP contribution in [0.25, 0.3) is 10.9 Å². The Morgan fingerprint density at radius 3 is 2.58 bits per heavy atom. The zero-order valence-corrected chi connectivity index (χ0v) is 14.7. The van der Waals surface area contributed by atoms with Gasteiger partial charge in [0, 0.05) is 31.6 Å². The van der Waals surface area contributed by atoms with E-state index >= 15 is 0 Å². The molecule has 1 aliphatic rings. The molecule has 1 aliphatic heterocycles. The van der Waals surface area contributed by atoms with Gasteiger partial charge >= 0.3 is 0 Å². The summed E-state index contributed by atoms with van der Waals surface area (Å²) in [5.41, 5.74) is 1.23. The lowest BCUT2D eigenvalue weighted by atomic mass is 10.1. The summed E-state index contributed by atoms with van der Waals surface area (Å²) < 4.78 is 13.2. The summed E-state index contributed by atoms with van der Waals surface area (Å²) >= 11 is 6.02. The number of rotatable bonds is 2. The van der Waals surface area contributed by atoms with Crippen molar-refractivity contribution in [3.8, 4) is 0 Å². The van der Waals surface area contributed by atoms with E-state index in [-0.39, 0.29) is 10.9 Å². The molecule has 1 aromatic heterocycles. The molecule has 7 heteroatoms. The van der Waals surface area contributed by atoms with Crippen molar-refractivity contribution in [2.45, 2.75) is 0 Å². The van der Waals surface area contributed by atoms with Gasteiger partial charge in [0.25, 0.3) is 5.91 Å². The highest BCUT2D eigenvalue weighted by atomic mass is 35.5. The molecule has 2 aromatic carbocycles. The van der Waals surface area contributed by atoms with E-state index in [4.69, 9.17) is 11.6 Å². The molecule has 4 rings (SSSR count). The predicted molar refractivity (Wildman–Crippen MR) is 99.1 cm³/mol. The SMILES string of the molecule is O=C(c1ccc(F)cc1Cl)N1CCN(c2ncnc3ccccc23)CC1. The maximum Gasteiger partial charge on any atom is 0.255 e. The number of anilines is 1. The van der Waals surface area contributed by atoms with Crippen molar-refractivity contribution in [2.24, 2.45) is 0 Å². The second-order valence-electron chi connectivity index (χ2n) is 6.12. The Kier molecular flexibility index (Phi) is 4.42. The van der Waals surface area contributed by atoms with Crippen LogP contribution in [0, 0.1) is 5.82 Å². The fourth-order valence-corrected chi connectivity index (χ4v) is 3.45. The van der Waals surface area contributed by atoms with Crippen LogP contribution < -0.4 is 4.90 Å². The number of aromatic nitrogens is 2. The smallest absolute Gasteiger partial charge is 0.255 e. The molecular weight excluding hydrogens is 355 g/mol. The Hall–Kier alpha value is -2.73. The lowest BCUT2D eigenvalue weighted by Gasteiger charge is -2.35. The van der Waals surface area contributed by atoms with Crippen LogP contribution in [0.2, 0.25) is 5.02 Å². The number of fused-ring (bicyclic) bond motifs is 1. The Morgan fingerprint density at radius 1 is 1.04 bits per heavy atom. The van der Waals surface area contributed by atoms with Crippen LogP contribution in [-0.2, 0) is 0 Å². The van der Waals surface area contributed by atoms with Gasteiger partial charge in [0.2, 0.25) is 0 Å². The fraction of sp³-hybridized carbons (Fsp3) is 0.211. The molecule has 0 radical (unpaired) electrons. The van der Waals surface area contributed by atoms with E-state index in [2.05, 4.69) is 14.9 Å². The van der Waals surface area contributed by atoms with Crippen molar-refractivity contribution in [2.75, 3.05) is 31.1 Å². The summed E-state index contributed by atoms with van der Waals surface area (Å²) in [5, 5.41) is 1.13. The summed E-state index contributed by atoms with van der Waals surface area (Å²) in [7, 11) is 0. The molecule has 132 valence electrons. The Labute approximate surface area is 155 Å². The first-order valence-electron chi connectivity index (χ1n) is 8.32. The highest BCUT2D eigenvalue weighted by Gasteiger charge is 2.25. The van der Waals surface area contributed by atoms with E-state index in [9.17, 15) is 9.18 Å². The zero-order chi connectivity index (χ0) is 18.1. The molecule has 26 heavy (non-hydrogen) atoms.